The van der Waals surface area contributed by atoms with Gasteiger partial charge in [-0.15, -0.1) is 0 Å². The van der Waals surface area contributed by atoms with Crippen molar-refractivity contribution >= 4 is 15.9 Å². The van der Waals surface area contributed by atoms with E-state index in [9.17, 15) is 0 Å². The maximum absolute atomic E-state index is 5.01. The lowest BCUT2D eigenvalue weighted by Crippen LogP contribution is -2.17. The molecule has 0 fully saturated rings. The van der Waals surface area contributed by atoms with Crippen molar-refractivity contribution in [3.05, 3.63) is 0 Å². The molecule has 0 aliphatic heterocycles. The summed E-state index contributed by atoms with van der Waals surface area (Å²) in [4.78, 5) is 0. The first-order chi connectivity index (χ1) is 5.18. The van der Waals surface area contributed by atoms with Crippen molar-refractivity contribution in [2.75, 3.05) is 19.0 Å². The zero-order valence-corrected chi connectivity index (χ0v) is 9.41. The van der Waals surface area contributed by atoms with Crippen molar-refractivity contribution in [2.24, 2.45) is 5.41 Å². The Morgan fingerprint density at radius 2 is 2.09 bits per heavy atom. The van der Waals surface area contributed by atoms with Crippen LogP contribution in [0.1, 0.15) is 33.1 Å². The number of methoxy groups -OCH3 is 1. The molecular weight excluding hydrogens is 204 g/mol. The maximum atomic E-state index is 5.01. The molecule has 1 nitrogen and oxygen atoms in total. The fourth-order valence-electron chi connectivity index (χ4n) is 0.981. The minimum atomic E-state index is 0.471. The molecule has 0 heterocycles. The molecule has 11 heavy (non-hydrogen) atoms. The standard InChI is InChI=1S/C9H19BrO/c1-4-9(2,8-10)6-5-7-11-3/h4-8H2,1-3H3. The van der Waals surface area contributed by atoms with Gasteiger partial charge in [-0.05, 0) is 24.7 Å². The van der Waals surface area contributed by atoms with Crippen molar-refractivity contribution in [3.63, 3.8) is 0 Å². The molecule has 0 aromatic carbocycles. The summed E-state index contributed by atoms with van der Waals surface area (Å²) >= 11 is 3.54. The van der Waals surface area contributed by atoms with Crippen LogP contribution < -0.4 is 0 Å². The molecule has 0 N–H and O–H groups in total. The van der Waals surface area contributed by atoms with Crippen molar-refractivity contribution in [2.45, 2.75) is 33.1 Å². The third-order valence-corrected chi connectivity index (χ3v) is 3.66. The van der Waals surface area contributed by atoms with Gasteiger partial charge in [-0.2, -0.15) is 0 Å². The monoisotopic (exact) mass is 222 g/mol. The summed E-state index contributed by atoms with van der Waals surface area (Å²) in [6.45, 7) is 5.45. The SMILES string of the molecule is CCC(C)(CBr)CCCOC. The van der Waals surface area contributed by atoms with Crippen LogP contribution in [-0.4, -0.2) is 19.0 Å². The first kappa shape index (κ1) is 11.4. The summed E-state index contributed by atoms with van der Waals surface area (Å²) in [5.74, 6) is 0. The molecule has 68 valence electrons. The molecule has 1 unspecified atom stereocenters. The summed E-state index contributed by atoms with van der Waals surface area (Å²) in [5, 5.41) is 1.10. The van der Waals surface area contributed by atoms with E-state index < -0.39 is 0 Å². The molecule has 0 saturated carbocycles. The summed E-state index contributed by atoms with van der Waals surface area (Å²) in [6.07, 6.45) is 3.66. The molecule has 0 aromatic heterocycles. The molecule has 0 rings (SSSR count). The maximum Gasteiger partial charge on any atom is 0.0462 e. The average molecular weight is 223 g/mol. The second-order valence-corrected chi connectivity index (χ2v) is 3.95. The third-order valence-electron chi connectivity index (χ3n) is 2.30. The molecule has 2 heteroatoms. The van der Waals surface area contributed by atoms with E-state index in [1.807, 2.05) is 0 Å². The zero-order chi connectivity index (χ0) is 8.74. The number of hydrogen-bond donors (Lipinski definition) is 0. The molecule has 1 atom stereocenters. The Balaban J connectivity index is 3.51. The van der Waals surface area contributed by atoms with Gasteiger partial charge in [-0.25, -0.2) is 0 Å². The van der Waals surface area contributed by atoms with Crippen LogP contribution in [0.15, 0.2) is 0 Å². The van der Waals surface area contributed by atoms with E-state index in [1.54, 1.807) is 7.11 Å². The minimum Gasteiger partial charge on any atom is -0.385 e. The fraction of sp³-hybridized carbons (Fsp3) is 1.00. The van der Waals surface area contributed by atoms with E-state index in [0.717, 1.165) is 11.9 Å². The van der Waals surface area contributed by atoms with Gasteiger partial charge in [0.1, 0.15) is 0 Å². The Morgan fingerprint density at radius 1 is 1.45 bits per heavy atom. The van der Waals surface area contributed by atoms with E-state index in [0.29, 0.717) is 5.41 Å². The van der Waals surface area contributed by atoms with Crippen LogP contribution in [0.2, 0.25) is 0 Å². The lowest BCUT2D eigenvalue weighted by atomic mass is 9.85. The van der Waals surface area contributed by atoms with E-state index >= 15 is 0 Å². The molecule has 0 radical (unpaired) electrons. The van der Waals surface area contributed by atoms with Crippen molar-refractivity contribution in [1.29, 1.82) is 0 Å². The number of halogens is 1. The van der Waals surface area contributed by atoms with Gasteiger partial charge in [0.05, 0.1) is 0 Å². The first-order valence-electron chi connectivity index (χ1n) is 4.23. The number of hydrogen-bond acceptors (Lipinski definition) is 1. The largest absolute Gasteiger partial charge is 0.385 e. The second-order valence-electron chi connectivity index (χ2n) is 3.39. The van der Waals surface area contributed by atoms with Crippen molar-refractivity contribution in [3.8, 4) is 0 Å². The van der Waals surface area contributed by atoms with Gasteiger partial charge in [-0.3, -0.25) is 0 Å². The average Bonchev–Trinajstić information content (AvgIpc) is 2.05. The molecule has 0 aromatic rings. The van der Waals surface area contributed by atoms with Gasteiger partial charge in [0, 0.05) is 19.0 Å². The highest BCUT2D eigenvalue weighted by molar-refractivity contribution is 9.09. The van der Waals surface area contributed by atoms with Crippen molar-refractivity contribution < 1.29 is 4.74 Å². The molecular formula is C9H19BrO. The summed E-state index contributed by atoms with van der Waals surface area (Å²) in [6, 6.07) is 0. The Kier molecular flexibility index (Phi) is 6.25. The molecule has 0 aliphatic carbocycles. The molecule has 0 saturated heterocycles. The molecule has 0 bridgehead atoms. The van der Waals surface area contributed by atoms with E-state index in [2.05, 4.69) is 29.8 Å². The van der Waals surface area contributed by atoms with Crippen LogP contribution in [-0.2, 0) is 4.74 Å². The summed E-state index contributed by atoms with van der Waals surface area (Å²) in [7, 11) is 1.76. The zero-order valence-electron chi connectivity index (χ0n) is 7.82. The number of ether oxygens (including phenoxy) is 1. The first-order valence-corrected chi connectivity index (χ1v) is 5.35. The highest BCUT2D eigenvalue weighted by Crippen LogP contribution is 2.29. The van der Waals surface area contributed by atoms with Crippen LogP contribution in [0.3, 0.4) is 0 Å². The molecule has 0 amide bonds. The lowest BCUT2D eigenvalue weighted by molar-refractivity contribution is 0.175. The van der Waals surface area contributed by atoms with Crippen LogP contribution in [0, 0.1) is 5.41 Å². The number of rotatable bonds is 6. The second kappa shape index (κ2) is 6.01. The van der Waals surface area contributed by atoms with Crippen LogP contribution in [0.4, 0.5) is 0 Å². The van der Waals surface area contributed by atoms with E-state index in [-0.39, 0.29) is 0 Å². The van der Waals surface area contributed by atoms with E-state index in [1.165, 1.54) is 19.3 Å². The quantitative estimate of drug-likeness (QED) is 0.496. The van der Waals surface area contributed by atoms with Gasteiger partial charge in [0.15, 0.2) is 0 Å². The van der Waals surface area contributed by atoms with Crippen LogP contribution in [0.25, 0.3) is 0 Å². The van der Waals surface area contributed by atoms with Gasteiger partial charge in [0.25, 0.3) is 0 Å². The Hall–Kier alpha value is 0.440. The normalized spacial score (nSPS) is 16.4. The Labute approximate surface area is 78.6 Å². The molecule has 0 aliphatic rings. The van der Waals surface area contributed by atoms with Crippen LogP contribution in [0.5, 0.6) is 0 Å². The predicted octanol–water partition coefficient (Wildman–Crippen LogP) is 3.22. The Bertz CT molecular complexity index is 89.6. The summed E-state index contributed by atoms with van der Waals surface area (Å²) in [5.41, 5.74) is 0.471. The summed E-state index contributed by atoms with van der Waals surface area (Å²) < 4.78 is 5.01. The lowest BCUT2D eigenvalue weighted by Gasteiger charge is -2.25. The molecule has 0 spiro atoms. The predicted molar refractivity (Wildman–Crippen MR) is 53.3 cm³/mol. The fourth-order valence-corrected chi connectivity index (χ4v) is 1.66. The highest BCUT2D eigenvalue weighted by Gasteiger charge is 2.19. The highest BCUT2D eigenvalue weighted by atomic mass is 79.9. The number of alkyl halides is 1. The Morgan fingerprint density at radius 3 is 2.45 bits per heavy atom. The van der Waals surface area contributed by atoms with Gasteiger partial charge < -0.3 is 4.74 Å². The topological polar surface area (TPSA) is 9.23 Å². The van der Waals surface area contributed by atoms with Gasteiger partial charge >= 0.3 is 0 Å². The smallest absolute Gasteiger partial charge is 0.0462 e. The van der Waals surface area contributed by atoms with Crippen molar-refractivity contribution in [1.82, 2.24) is 0 Å². The third kappa shape index (κ3) is 4.81. The van der Waals surface area contributed by atoms with Gasteiger partial charge in [-0.1, -0.05) is 29.8 Å². The van der Waals surface area contributed by atoms with Gasteiger partial charge in [0.2, 0.25) is 0 Å². The van der Waals surface area contributed by atoms with E-state index in [4.69, 9.17) is 4.74 Å². The minimum absolute atomic E-state index is 0.471. The van der Waals surface area contributed by atoms with Crippen LogP contribution >= 0.6 is 15.9 Å².